The van der Waals surface area contributed by atoms with Gasteiger partial charge in [-0.3, -0.25) is 0 Å². The van der Waals surface area contributed by atoms with Crippen molar-refractivity contribution in [3.63, 3.8) is 0 Å². The minimum absolute atomic E-state index is 0.447. The number of sulfone groups is 1. The number of likely N-dealkylation sites (N-methyl/N-ethyl adjacent to an activating group) is 1. The maximum atomic E-state index is 11.5. The third-order valence-electron chi connectivity index (χ3n) is 2.08. The molecule has 0 radical (unpaired) electrons. The SMILES string of the molecule is CNCC(c1ccccc1)S(C)(=O)=O. The second kappa shape index (κ2) is 4.57. The molecule has 3 nitrogen and oxygen atoms in total. The summed E-state index contributed by atoms with van der Waals surface area (Å²) >= 11 is 0. The molecule has 0 aliphatic carbocycles. The van der Waals surface area contributed by atoms with Crippen LogP contribution in [0.25, 0.3) is 0 Å². The van der Waals surface area contributed by atoms with Gasteiger partial charge in [-0.25, -0.2) is 8.42 Å². The molecule has 0 saturated heterocycles. The molecule has 1 atom stereocenters. The third kappa shape index (κ3) is 2.82. The van der Waals surface area contributed by atoms with Gasteiger partial charge >= 0.3 is 0 Å². The van der Waals surface area contributed by atoms with Crippen LogP contribution >= 0.6 is 0 Å². The summed E-state index contributed by atoms with van der Waals surface area (Å²) in [5, 5.41) is 2.44. The maximum absolute atomic E-state index is 11.5. The van der Waals surface area contributed by atoms with E-state index in [0.717, 1.165) is 5.56 Å². The molecule has 4 heteroatoms. The first-order chi connectivity index (χ1) is 6.55. The molecule has 0 bridgehead atoms. The highest BCUT2D eigenvalue weighted by Crippen LogP contribution is 2.20. The predicted molar refractivity (Wildman–Crippen MR) is 58.0 cm³/mol. The Bertz CT molecular complexity index is 372. The molecule has 14 heavy (non-hydrogen) atoms. The maximum Gasteiger partial charge on any atom is 0.155 e. The minimum Gasteiger partial charge on any atom is -0.318 e. The summed E-state index contributed by atoms with van der Waals surface area (Å²) in [6.07, 6.45) is 1.27. The molecule has 78 valence electrons. The van der Waals surface area contributed by atoms with Crippen LogP contribution in [0.3, 0.4) is 0 Å². The third-order valence-corrected chi connectivity index (χ3v) is 3.55. The van der Waals surface area contributed by atoms with Crippen molar-refractivity contribution in [2.45, 2.75) is 5.25 Å². The number of hydrogen-bond acceptors (Lipinski definition) is 3. The smallest absolute Gasteiger partial charge is 0.155 e. The van der Waals surface area contributed by atoms with Crippen LogP contribution in [-0.4, -0.2) is 28.3 Å². The second-order valence-electron chi connectivity index (χ2n) is 3.29. The quantitative estimate of drug-likeness (QED) is 0.811. The molecule has 1 N–H and O–H groups in total. The van der Waals surface area contributed by atoms with E-state index in [1.165, 1.54) is 6.26 Å². The normalized spacial score (nSPS) is 13.9. The Labute approximate surface area is 85.1 Å². The second-order valence-corrected chi connectivity index (χ2v) is 5.51. The number of nitrogens with one attached hydrogen (secondary N) is 1. The fraction of sp³-hybridized carbons (Fsp3) is 0.400. The molecule has 0 aromatic heterocycles. The van der Waals surface area contributed by atoms with Crippen LogP contribution in [0.5, 0.6) is 0 Å². The summed E-state index contributed by atoms with van der Waals surface area (Å²) in [7, 11) is -1.29. The Kier molecular flexibility index (Phi) is 3.66. The fourth-order valence-electron chi connectivity index (χ4n) is 1.37. The molecule has 1 rings (SSSR count). The molecule has 0 fully saturated rings. The van der Waals surface area contributed by atoms with Gasteiger partial charge in [0.25, 0.3) is 0 Å². The van der Waals surface area contributed by atoms with E-state index in [9.17, 15) is 8.42 Å². The van der Waals surface area contributed by atoms with Crippen LogP contribution in [0.1, 0.15) is 10.8 Å². The number of rotatable bonds is 4. The van der Waals surface area contributed by atoms with Crippen LogP contribution in [0.15, 0.2) is 30.3 Å². The predicted octanol–water partition coefficient (Wildman–Crippen LogP) is 0.992. The van der Waals surface area contributed by atoms with E-state index in [1.54, 1.807) is 7.05 Å². The zero-order chi connectivity index (χ0) is 10.6. The number of benzene rings is 1. The Balaban J connectivity index is 3.02. The van der Waals surface area contributed by atoms with Gasteiger partial charge < -0.3 is 5.32 Å². The molecule has 1 aromatic rings. The van der Waals surface area contributed by atoms with Crippen molar-refractivity contribution in [3.8, 4) is 0 Å². The molecule has 0 saturated carbocycles. The first-order valence-corrected chi connectivity index (χ1v) is 6.39. The summed E-state index contributed by atoms with van der Waals surface area (Å²) in [4.78, 5) is 0. The fourth-order valence-corrected chi connectivity index (χ4v) is 2.49. The van der Waals surface area contributed by atoms with E-state index < -0.39 is 15.1 Å². The Morgan fingerprint density at radius 1 is 1.29 bits per heavy atom. The van der Waals surface area contributed by atoms with Crippen molar-refractivity contribution >= 4 is 9.84 Å². The Morgan fingerprint density at radius 3 is 2.29 bits per heavy atom. The standard InChI is InChI=1S/C10H15NO2S/c1-11-8-10(14(2,12)13)9-6-4-3-5-7-9/h3-7,10-11H,8H2,1-2H3. The van der Waals surface area contributed by atoms with Gasteiger partial charge in [0.1, 0.15) is 0 Å². The summed E-state index contributed by atoms with van der Waals surface area (Å²) in [5.74, 6) is 0. The lowest BCUT2D eigenvalue weighted by Crippen LogP contribution is -2.23. The lowest BCUT2D eigenvalue weighted by molar-refractivity contribution is 0.582. The Morgan fingerprint density at radius 2 is 1.86 bits per heavy atom. The van der Waals surface area contributed by atoms with E-state index in [1.807, 2.05) is 30.3 Å². The van der Waals surface area contributed by atoms with Crippen LogP contribution in [-0.2, 0) is 9.84 Å². The van der Waals surface area contributed by atoms with Gasteiger partial charge in [0.05, 0.1) is 5.25 Å². The van der Waals surface area contributed by atoms with Gasteiger partial charge in [0, 0.05) is 12.8 Å². The van der Waals surface area contributed by atoms with E-state index in [-0.39, 0.29) is 0 Å². The largest absolute Gasteiger partial charge is 0.318 e. The summed E-state index contributed by atoms with van der Waals surface area (Å²) in [6.45, 7) is 0.447. The molecular weight excluding hydrogens is 198 g/mol. The van der Waals surface area contributed by atoms with Crippen molar-refractivity contribution in [3.05, 3.63) is 35.9 Å². The van der Waals surface area contributed by atoms with Crippen molar-refractivity contribution in [1.29, 1.82) is 0 Å². The molecule has 0 heterocycles. The minimum atomic E-state index is -3.04. The summed E-state index contributed by atoms with van der Waals surface area (Å²) in [5.41, 5.74) is 0.837. The highest BCUT2D eigenvalue weighted by Gasteiger charge is 2.21. The average Bonchev–Trinajstić information content (AvgIpc) is 2.14. The molecule has 1 unspecified atom stereocenters. The van der Waals surface area contributed by atoms with Crippen molar-refractivity contribution in [1.82, 2.24) is 5.32 Å². The molecular formula is C10H15NO2S. The highest BCUT2D eigenvalue weighted by atomic mass is 32.2. The molecule has 0 aliphatic heterocycles. The molecule has 0 spiro atoms. The van der Waals surface area contributed by atoms with Crippen molar-refractivity contribution in [2.24, 2.45) is 0 Å². The summed E-state index contributed by atoms with van der Waals surface area (Å²) < 4.78 is 23.0. The first-order valence-electron chi connectivity index (χ1n) is 4.44. The average molecular weight is 213 g/mol. The zero-order valence-electron chi connectivity index (χ0n) is 8.40. The lowest BCUT2D eigenvalue weighted by Gasteiger charge is -2.14. The van der Waals surface area contributed by atoms with E-state index in [0.29, 0.717) is 6.54 Å². The summed E-state index contributed by atoms with van der Waals surface area (Å²) in [6, 6.07) is 9.25. The van der Waals surface area contributed by atoms with Crippen LogP contribution in [0.2, 0.25) is 0 Å². The van der Waals surface area contributed by atoms with Gasteiger partial charge in [0.15, 0.2) is 9.84 Å². The first kappa shape index (κ1) is 11.2. The van der Waals surface area contributed by atoms with E-state index in [4.69, 9.17) is 0 Å². The van der Waals surface area contributed by atoms with E-state index in [2.05, 4.69) is 5.32 Å². The van der Waals surface area contributed by atoms with Crippen molar-refractivity contribution in [2.75, 3.05) is 19.8 Å². The van der Waals surface area contributed by atoms with Gasteiger partial charge in [-0.15, -0.1) is 0 Å². The van der Waals surface area contributed by atoms with Crippen LogP contribution in [0.4, 0.5) is 0 Å². The van der Waals surface area contributed by atoms with Crippen molar-refractivity contribution < 1.29 is 8.42 Å². The monoisotopic (exact) mass is 213 g/mol. The van der Waals surface area contributed by atoms with Gasteiger partial charge in [-0.1, -0.05) is 30.3 Å². The Hall–Kier alpha value is -0.870. The zero-order valence-corrected chi connectivity index (χ0v) is 9.21. The van der Waals surface area contributed by atoms with Crippen LogP contribution < -0.4 is 5.32 Å². The van der Waals surface area contributed by atoms with E-state index >= 15 is 0 Å². The van der Waals surface area contributed by atoms with Crippen LogP contribution in [0, 0.1) is 0 Å². The van der Waals surface area contributed by atoms with Gasteiger partial charge in [-0.2, -0.15) is 0 Å². The molecule has 1 aromatic carbocycles. The lowest BCUT2D eigenvalue weighted by atomic mass is 10.1. The number of hydrogen-bond donors (Lipinski definition) is 1. The molecule has 0 aliphatic rings. The topological polar surface area (TPSA) is 46.2 Å². The molecule has 0 amide bonds. The van der Waals surface area contributed by atoms with Gasteiger partial charge in [-0.05, 0) is 12.6 Å². The highest BCUT2D eigenvalue weighted by molar-refractivity contribution is 7.91. The van der Waals surface area contributed by atoms with Gasteiger partial charge in [0.2, 0.25) is 0 Å².